The zero-order chi connectivity index (χ0) is 11.6. The van der Waals surface area contributed by atoms with Gasteiger partial charge in [0, 0.05) is 6.20 Å². The Kier molecular flexibility index (Phi) is 2.98. The second-order valence-electron chi connectivity index (χ2n) is 4.56. The Hall–Kier alpha value is -1.58. The van der Waals surface area contributed by atoms with Crippen molar-refractivity contribution >= 4 is 12.3 Å². The van der Waals surface area contributed by atoms with Crippen LogP contribution in [-0.4, -0.2) is 21.9 Å². The Bertz CT molecular complexity index is 373. The Morgan fingerprint density at radius 1 is 1.53 bits per heavy atom. The molecular formula is C11H15NO3. The monoisotopic (exact) mass is 209 g/mol. The molecule has 0 bridgehead atoms. The molecule has 1 rings (SSSR count). The van der Waals surface area contributed by atoms with E-state index in [0.29, 0.717) is 12.0 Å². The third-order valence-corrected chi connectivity index (χ3v) is 2.26. The molecule has 1 aromatic heterocycles. The molecule has 82 valence electrons. The Balaban J connectivity index is 3.22. The Morgan fingerprint density at radius 2 is 2.13 bits per heavy atom. The number of rotatable bonds is 3. The summed E-state index contributed by atoms with van der Waals surface area (Å²) < 4.78 is 1.50. The van der Waals surface area contributed by atoms with Crippen LogP contribution in [0.2, 0.25) is 0 Å². The zero-order valence-corrected chi connectivity index (χ0v) is 9.10. The van der Waals surface area contributed by atoms with E-state index in [9.17, 15) is 9.59 Å². The molecule has 1 atom stereocenters. The summed E-state index contributed by atoms with van der Waals surface area (Å²) in [5, 5.41) is 9.16. The number of hydrogen-bond acceptors (Lipinski definition) is 2. The SMILES string of the molecule is CC(C)(C)C(C(=O)O)n1cccc1C=O. The molecule has 4 heteroatoms. The van der Waals surface area contributed by atoms with Crippen LogP contribution in [0.5, 0.6) is 0 Å². The van der Waals surface area contributed by atoms with E-state index in [2.05, 4.69) is 0 Å². The van der Waals surface area contributed by atoms with Crippen molar-refractivity contribution in [3.63, 3.8) is 0 Å². The van der Waals surface area contributed by atoms with Crippen molar-refractivity contribution in [2.75, 3.05) is 0 Å². The number of carbonyl (C=O) groups excluding carboxylic acids is 1. The van der Waals surface area contributed by atoms with Gasteiger partial charge in [-0.3, -0.25) is 4.79 Å². The normalized spacial score (nSPS) is 13.5. The Labute approximate surface area is 88.5 Å². The summed E-state index contributed by atoms with van der Waals surface area (Å²) in [5.41, 5.74) is -0.0554. The van der Waals surface area contributed by atoms with Crippen LogP contribution in [0.15, 0.2) is 18.3 Å². The van der Waals surface area contributed by atoms with E-state index in [0.717, 1.165) is 0 Å². The topological polar surface area (TPSA) is 59.3 Å². The van der Waals surface area contributed by atoms with Crippen molar-refractivity contribution in [3.05, 3.63) is 24.0 Å². The quantitative estimate of drug-likeness (QED) is 0.774. The molecule has 0 saturated heterocycles. The molecule has 4 nitrogen and oxygen atoms in total. The van der Waals surface area contributed by atoms with E-state index in [1.165, 1.54) is 4.57 Å². The lowest BCUT2D eigenvalue weighted by molar-refractivity contribution is -0.144. The van der Waals surface area contributed by atoms with Crippen LogP contribution >= 0.6 is 0 Å². The van der Waals surface area contributed by atoms with Crippen LogP contribution in [0.1, 0.15) is 37.3 Å². The molecule has 0 aromatic carbocycles. The van der Waals surface area contributed by atoms with Crippen LogP contribution in [0.25, 0.3) is 0 Å². The van der Waals surface area contributed by atoms with Gasteiger partial charge in [-0.1, -0.05) is 20.8 Å². The van der Waals surface area contributed by atoms with Crippen molar-refractivity contribution in [1.82, 2.24) is 4.57 Å². The molecule has 0 saturated carbocycles. The van der Waals surface area contributed by atoms with Gasteiger partial charge in [-0.15, -0.1) is 0 Å². The van der Waals surface area contributed by atoms with Gasteiger partial charge in [-0.05, 0) is 17.5 Å². The maximum absolute atomic E-state index is 11.2. The van der Waals surface area contributed by atoms with Gasteiger partial charge in [-0.2, -0.15) is 0 Å². The lowest BCUT2D eigenvalue weighted by Gasteiger charge is -2.29. The van der Waals surface area contributed by atoms with E-state index in [4.69, 9.17) is 5.11 Å². The average molecular weight is 209 g/mol. The third kappa shape index (κ3) is 2.26. The zero-order valence-electron chi connectivity index (χ0n) is 9.10. The first-order valence-corrected chi connectivity index (χ1v) is 4.72. The first-order chi connectivity index (χ1) is 6.88. The molecule has 15 heavy (non-hydrogen) atoms. The predicted octanol–water partition coefficient (Wildman–Crippen LogP) is 1.97. The summed E-state index contributed by atoms with van der Waals surface area (Å²) in [4.78, 5) is 21.9. The molecule has 1 heterocycles. The molecule has 0 amide bonds. The van der Waals surface area contributed by atoms with Crippen molar-refractivity contribution in [2.45, 2.75) is 26.8 Å². The van der Waals surface area contributed by atoms with Crippen molar-refractivity contribution < 1.29 is 14.7 Å². The summed E-state index contributed by atoms with van der Waals surface area (Å²) in [6, 6.07) is 2.55. The fourth-order valence-corrected chi connectivity index (χ4v) is 1.65. The lowest BCUT2D eigenvalue weighted by atomic mass is 9.86. The fraction of sp³-hybridized carbons (Fsp3) is 0.455. The van der Waals surface area contributed by atoms with Gasteiger partial charge < -0.3 is 9.67 Å². The van der Waals surface area contributed by atoms with E-state index in [-0.39, 0.29) is 0 Å². The predicted molar refractivity (Wildman–Crippen MR) is 55.9 cm³/mol. The minimum absolute atomic E-state index is 0.386. The van der Waals surface area contributed by atoms with Crippen LogP contribution in [0.4, 0.5) is 0 Å². The molecular weight excluding hydrogens is 194 g/mol. The maximum atomic E-state index is 11.2. The van der Waals surface area contributed by atoms with Crippen molar-refractivity contribution in [2.24, 2.45) is 5.41 Å². The van der Waals surface area contributed by atoms with E-state index in [1.807, 2.05) is 20.8 Å². The highest BCUT2D eigenvalue weighted by Gasteiger charge is 2.33. The number of carboxylic acids is 1. The summed E-state index contributed by atoms with van der Waals surface area (Å²) in [6.45, 7) is 5.50. The molecule has 0 aliphatic heterocycles. The van der Waals surface area contributed by atoms with E-state index < -0.39 is 17.4 Å². The van der Waals surface area contributed by atoms with Crippen LogP contribution < -0.4 is 0 Å². The Morgan fingerprint density at radius 3 is 2.53 bits per heavy atom. The molecule has 1 unspecified atom stereocenters. The minimum atomic E-state index is -0.929. The van der Waals surface area contributed by atoms with Crippen molar-refractivity contribution in [1.29, 1.82) is 0 Å². The van der Waals surface area contributed by atoms with E-state index in [1.54, 1.807) is 18.3 Å². The first-order valence-electron chi connectivity index (χ1n) is 4.72. The number of hydrogen-bond donors (Lipinski definition) is 1. The van der Waals surface area contributed by atoms with Crippen LogP contribution in [0.3, 0.4) is 0 Å². The maximum Gasteiger partial charge on any atom is 0.327 e. The standard InChI is InChI=1S/C11H15NO3/c1-11(2,3)9(10(14)15)12-6-4-5-8(12)7-13/h4-7,9H,1-3H3,(H,14,15). The lowest BCUT2D eigenvalue weighted by Crippen LogP contribution is -2.32. The van der Waals surface area contributed by atoms with Crippen LogP contribution in [-0.2, 0) is 4.79 Å². The van der Waals surface area contributed by atoms with Gasteiger partial charge in [-0.25, -0.2) is 4.79 Å². The second kappa shape index (κ2) is 3.88. The molecule has 0 aliphatic carbocycles. The molecule has 0 radical (unpaired) electrons. The van der Waals surface area contributed by atoms with Gasteiger partial charge in [0.15, 0.2) is 6.29 Å². The highest BCUT2D eigenvalue weighted by molar-refractivity contribution is 5.77. The number of nitrogens with zero attached hydrogens (tertiary/aromatic N) is 1. The molecule has 0 aliphatic rings. The van der Waals surface area contributed by atoms with Crippen molar-refractivity contribution in [3.8, 4) is 0 Å². The van der Waals surface area contributed by atoms with Gasteiger partial charge in [0.1, 0.15) is 6.04 Å². The highest BCUT2D eigenvalue weighted by atomic mass is 16.4. The van der Waals surface area contributed by atoms with Gasteiger partial charge in [0.25, 0.3) is 0 Å². The number of aromatic nitrogens is 1. The smallest absolute Gasteiger partial charge is 0.327 e. The number of carbonyl (C=O) groups is 2. The van der Waals surface area contributed by atoms with Crippen LogP contribution in [0, 0.1) is 5.41 Å². The number of aldehydes is 1. The first kappa shape index (κ1) is 11.5. The second-order valence-corrected chi connectivity index (χ2v) is 4.56. The summed E-state index contributed by atoms with van der Waals surface area (Å²) in [7, 11) is 0. The van der Waals surface area contributed by atoms with E-state index >= 15 is 0 Å². The average Bonchev–Trinajstić information content (AvgIpc) is 2.48. The fourth-order valence-electron chi connectivity index (χ4n) is 1.65. The molecule has 0 fully saturated rings. The van der Waals surface area contributed by atoms with Gasteiger partial charge in [0.05, 0.1) is 5.69 Å². The largest absolute Gasteiger partial charge is 0.480 e. The molecule has 1 aromatic rings. The highest BCUT2D eigenvalue weighted by Crippen LogP contribution is 2.31. The van der Waals surface area contributed by atoms with Gasteiger partial charge >= 0.3 is 5.97 Å². The third-order valence-electron chi connectivity index (χ3n) is 2.26. The number of aliphatic carboxylic acids is 1. The molecule has 1 N–H and O–H groups in total. The minimum Gasteiger partial charge on any atom is -0.480 e. The summed E-state index contributed by atoms with van der Waals surface area (Å²) >= 11 is 0. The molecule has 0 spiro atoms. The summed E-state index contributed by atoms with van der Waals surface area (Å²) in [5.74, 6) is -0.929. The summed E-state index contributed by atoms with van der Waals surface area (Å²) in [6.07, 6.45) is 2.29. The number of carboxylic acid groups (broad SMARTS) is 1. The van der Waals surface area contributed by atoms with Gasteiger partial charge in [0.2, 0.25) is 0 Å².